The number of carboxylic acid groups (broad SMARTS) is 3. The molecule has 8 N–H and O–H groups in total. The monoisotopic (exact) mass is 781 g/mol. The van der Waals surface area contributed by atoms with Crippen molar-refractivity contribution in [3.8, 4) is 0 Å². The van der Waals surface area contributed by atoms with Crippen LogP contribution in [0.15, 0.2) is 0 Å². The van der Waals surface area contributed by atoms with Crippen molar-refractivity contribution in [1.29, 1.82) is 0 Å². The zero-order valence-electron chi connectivity index (χ0n) is 31.9. The summed E-state index contributed by atoms with van der Waals surface area (Å²) in [4.78, 5) is 26.7. The molecule has 14 nitrogen and oxygen atoms in total. The van der Waals surface area contributed by atoms with E-state index in [0.717, 1.165) is 68.1 Å². The number of hydrogen-bond acceptors (Lipinski definition) is 14. The Morgan fingerprint density at radius 1 is 0.321 bits per heavy atom. The molecule has 9 rings (SSSR count). The first-order chi connectivity index (χ1) is 25.0. The second-order valence-electron chi connectivity index (χ2n) is 17.1. The van der Waals surface area contributed by atoms with Crippen LogP contribution in [0.2, 0.25) is 0 Å². The van der Waals surface area contributed by atoms with E-state index in [9.17, 15) is 0 Å². The molecule has 1 radical (unpaired) electrons. The minimum atomic E-state index is -1.08. The van der Waals surface area contributed by atoms with Crippen LogP contribution in [0, 0.1) is 47.3 Å². The molecule has 8 unspecified atom stereocenters. The number of carbonyl (C=O) groups excluding carboxylic acids is 3. The number of carboxylic acids is 3. The van der Waals surface area contributed by atoms with E-state index in [1.807, 2.05) is 0 Å². The Kier molecular flexibility index (Phi) is 15.9. The third-order valence-corrected chi connectivity index (χ3v) is 13.8. The summed E-state index contributed by atoms with van der Waals surface area (Å²) in [6.07, 6.45) is 25.6. The van der Waals surface area contributed by atoms with Crippen LogP contribution in [-0.4, -0.2) is 67.2 Å². The molecule has 0 aromatic carbocycles. The summed E-state index contributed by atoms with van der Waals surface area (Å²) in [5.41, 5.74) is 0. The molecule has 8 atom stereocenters. The molecule has 299 valence electrons. The van der Waals surface area contributed by atoms with Crippen LogP contribution in [0.25, 0.3) is 0 Å². The first-order valence-electron chi connectivity index (χ1n) is 20.6. The van der Waals surface area contributed by atoms with Gasteiger partial charge in [0.1, 0.15) is 0 Å². The van der Waals surface area contributed by atoms with Crippen LogP contribution in [0.3, 0.4) is 0 Å². The van der Waals surface area contributed by atoms with Gasteiger partial charge in [-0.2, -0.15) is 0 Å². The molecule has 9 fully saturated rings. The van der Waals surface area contributed by atoms with E-state index in [2.05, 4.69) is 42.5 Å². The first kappa shape index (κ1) is 42.8. The third-order valence-electron chi connectivity index (χ3n) is 13.8. The number of carbonyl (C=O) groups is 3. The molecular formula is C38H65CrN8O6. The molecule has 0 spiro atoms. The van der Waals surface area contributed by atoms with Crippen molar-refractivity contribution < 1.29 is 47.1 Å². The molecule has 0 aromatic heterocycles. The molecular weight excluding hydrogens is 716 g/mol. The molecule has 5 heterocycles. The quantitative estimate of drug-likeness (QED) is 0.146. The molecule has 0 amide bonds. The fourth-order valence-electron chi connectivity index (χ4n) is 12.0. The van der Waals surface area contributed by atoms with Crippen molar-refractivity contribution >= 4 is 17.9 Å². The van der Waals surface area contributed by atoms with Gasteiger partial charge in [0, 0.05) is 17.9 Å². The standard InChI is InChI=1S/C32H56N8.3C2H4O2.Cr/c1-2-10-18-17(9-1)25-33-26(18)38-28-21-13-5-6-14-22(21)30(35-28)40-32-24-16-8-7-15-23(24)31(36-32)39-29-20-12-4-3-11-19(20)27(34-29)37-25;3*1-2(3)4;/h17-40H,1-16H2;3*1H3,(H,3,4);/q;;;;+3/p-3. The van der Waals surface area contributed by atoms with Crippen LogP contribution in [0.4, 0.5) is 0 Å². The van der Waals surface area contributed by atoms with E-state index in [1.165, 1.54) is 103 Å². The molecule has 15 heteroatoms. The Hall–Kier alpha value is -1.38. The minimum absolute atomic E-state index is 0. The normalized spacial score (nSPS) is 44.9. The predicted octanol–water partition coefficient (Wildman–Crippen LogP) is -1.13. The van der Waals surface area contributed by atoms with Crippen LogP contribution >= 0.6 is 0 Å². The van der Waals surface area contributed by atoms with Crippen molar-refractivity contribution in [1.82, 2.24) is 42.5 Å². The van der Waals surface area contributed by atoms with E-state index in [4.69, 9.17) is 29.7 Å². The van der Waals surface area contributed by atoms with Crippen molar-refractivity contribution in [2.24, 2.45) is 47.3 Å². The third kappa shape index (κ3) is 10.5. The van der Waals surface area contributed by atoms with Crippen molar-refractivity contribution in [3.63, 3.8) is 0 Å². The van der Waals surface area contributed by atoms with E-state index in [0.29, 0.717) is 49.3 Å². The smallest absolute Gasteiger partial charge is 0.550 e. The Bertz CT molecular complexity index is 973. The Balaban J connectivity index is 0.000000368. The van der Waals surface area contributed by atoms with Gasteiger partial charge in [-0.05, 0) is 119 Å². The molecule has 4 saturated carbocycles. The topological polar surface area (TPSA) is 217 Å². The number of rotatable bonds is 0. The van der Waals surface area contributed by atoms with Crippen molar-refractivity contribution in [2.75, 3.05) is 0 Å². The fourth-order valence-corrected chi connectivity index (χ4v) is 12.0. The van der Waals surface area contributed by atoms with Crippen LogP contribution in [0.1, 0.15) is 124 Å². The minimum Gasteiger partial charge on any atom is -0.550 e. The van der Waals surface area contributed by atoms with Gasteiger partial charge in [0.25, 0.3) is 0 Å². The molecule has 8 bridgehead atoms. The maximum atomic E-state index is 8.89. The molecule has 5 aliphatic heterocycles. The maximum absolute atomic E-state index is 8.89. The number of hydrogen-bond donors (Lipinski definition) is 8. The molecule has 9 aliphatic rings. The van der Waals surface area contributed by atoms with Crippen molar-refractivity contribution in [2.45, 2.75) is 173 Å². The van der Waals surface area contributed by atoms with E-state index < -0.39 is 17.9 Å². The predicted molar refractivity (Wildman–Crippen MR) is 189 cm³/mol. The zero-order chi connectivity index (χ0) is 36.9. The van der Waals surface area contributed by atoms with Gasteiger partial charge in [-0.1, -0.05) is 51.4 Å². The van der Waals surface area contributed by atoms with Crippen molar-refractivity contribution in [3.05, 3.63) is 0 Å². The summed E-state index contributed by atoms with van der Waals surface area (Å²) in [6, 6.07) is 0. The van der Waals surface area contributed by atoms with Gasteiger partial charge in [-0.25, -0.2) is 0 Å². The largest absolute Gasteiger partial charge is 3.00 e. The molecule has 4 aliphatic carbocycles. The van der Waals surface area contributed by atoms with Gasteiger partial charge in [0.2, 0.25) is 0 Å². The maximum Gasteiger partial charge on any atom is 3.00 e. The number of aliphatic carboxylic acids is 3. The van der Waals surface area contributed by atoms with Gasteiger partial charge >= 0.3 is 17.4 Å². The summed E-state index contributed by atoms with van der Waals surface area (Å²) in [6.45, 7) is 2.92. The van der Waals surface area contributed by atoms with E-state index in [-0.39, 0.29) is 17.4 Å². The van der Waals surface area contributed by atoms with Gasteiger partial charge < -0.3 is 29.7 Å². The Labute approximate surface area is 326 Å². The van der Waals surface area contributed by atoms with Gasteiger partial charge in [-0.15, -0.1) is 0 Å². The molecule has 0 aromatic rings. The summed E-state index contributed by atoms with van der Waals surface area (Å²) in [7, 11) is 0. The summed E-state index contributed by atoms with van der Waals surface area (Å²) in [5.74, 6) is 2.72. The van der Waals surface area contributed by atoms with Crippen LogP contribution in [0.5, 0.6) is 0 Å². The summed E-state index contributed by atoms with van der Waals surface area (Å²) in [5, 5.41) is 60.5. The second-order valence-corrected chi connectivity index (χ2v) is 17.1. The Morgan fingerprint density at radius 3 is 0.509 bits per heavy atom. The average molecular weight is 782 g/mol. The first-order valence-corrected chi connectivity index (χ1v) is 20.6. The van der Waals surface area contributed by atoms with E-state index >= 15 is 0 Å². The average Bonchev–Trinajstić information content (AvgIpc) is 3.83. The van der Waals surface area contributed by atoms with Gasteiger partial charge in [-0.3, -0.25) is 42.5 Å². The van der Waals surface area contributed by atoms with Gasteiger partial charge in [0.05, 0.1) is 49.3 Å². The van der Waals surface area contributed by atoms with Crippen LogP contribution < -0.4 is 57.9 Å². The Morgan fingerprint density at radius 2 is 0.415 bits per heavy atom. The molecule has 53 heavy (non-hydrogen) atoms. The number of nitrogens with one attached hydrogen (secondary N) is 8. The fraction of sp³-hybridized carbons (Fsp3) is 0.921. The number of fused-ring (bicyclic) bond motifs is 20. The summed E-state index contributed by atoms with van der Waals surface area (Å²) < 4.78 is 0. The SMILES string of the molecule is C1CCC2C3NC(NC4NC(NC5NC(NC6NC(N3)C3CCCCC63)C3CCCCC53)C3CCCCC43)C2C1.CC(=O)[O-].CC(=O)[O-].CC(=O)[O-].[Cr+3]. The van der Waals surface area contributed by atoms with Crippen LogP contribution in [-0.2, 0) is 31.7 Å². The van der Waals surface area contributed by atoms with E-state index in [1.54, 1.807) is 0 Å². The zero-order valence-corrected chi connectivity index (χ0v) is 33.2. The second kappa shape index (κ2) is 19.7. The molecule has 5 saturated heterocycles. The van der Waals surface area contributed by atoms with Gasteiger partial charge in [0.15, 0.2) is 0 Å². The summed E-state index contributed by atoms with van der Waals surface area (Å²) >= 11 is 0.